The Morgan fingerprint density at radius 2 is 1.91 bits per heavy atom. The van der Waals surface area contributed by atoms with Crippen LogP contribution in [0.2, 0.25) is 0 Å². The van der Waals surface area contributed by atoms with Gasteiger partial charge in [0.15, 0.2) is 0 Å². The molecule has 0 unspecified atom stereocenters. The molecule has 2 saturated carbocycles. The Bertz CT molecular complexity index is 703. The second kappa shape index (κ2) is 5.06. The number of fused-ring (bicyclic) bond motifs is 1. The fourth-order valence-corrected chi connectivity index (χ4v) is 5.30. The van der Waals surface area contributed by atoms with E-state index in [2.05, 4.69) is 21.2 Å². The average molecular weight is 380 g/mol. The van der Waals surface area contributed by atoms with Crippen molar-refractivity contribution in [1.82, 2.24) is 0 Å². The zero-order valence-electron chi connectivity index (χ0n) is 11.9. The lowest BCUT2D eigenvalue weighted by molar-refractivity contribution is -0.145. The van der Waals surface area contributed by atoms with Crippen LogP contribution in [0.1, 0.15) is 16.8 Å². The molecule has 120 valence electrons. The van der Waals surface area contributed by atoms with Gasteiger partial charge in [0.05, 0.1) is 22.2 Å². The van der Waals surface area contributed by atoms with Crippen molar-refractivity contribution in [3.8, 4) is 0 Å². The van der Waals surface area contributed by atoms with Gasteiger partial charge in [-0.1, -0.05) is 15.9 Å². The first-order valence-electron chi connectivity index (χ1n) is 7.46. The van der Waals surface area contributed by atoms with Crippen LogP contribution in [0.4, 0.5) is 5.69 Å². The molecule has 2 N–H and O–H groups in total. The molecule has 1 aromatic carbocycles. The molecular formula is C16H14BrNO5. The van der Waals surface area contributed by atoms with Crippen molar-refractivity contribution < 1.29 is 24.2 Å². The number of esters is 1. The van der Waals surface area contributed by atoms with Crippen LogP contribution in [0.5, 0.6) is 0 Å². The number of hydrogen-bond donors (Lipinski definition) is 2. The molecule has 0 aromatic heterocycles. The van der Waals surface area contributed by atoms with E-state index in [-0.39, 0.29) is 46.1 Å². The number of amides is 1. The highest BCUT2D eigenvalue weighted by atomic mass is 79.9. The van der Waals surface area contributed by atoms with Gasteiger partial charge in [-0.2, -0.15) is 0 Å². The second-order valence-corrected chi connectivity index (χ2v) is 7.39. The number of halogens is 1. The molecule has 1 aromatic rings. The number of aromatic carboxylic acids is 1. The zero-order chi connectivity index (χ0) is 16.3. The Morgan fingerprint density at radius 1 is 1.22 bits per heavy atom. The van der Waals surface area contributed by atoms with Crippen molar-refractivity contribution in [1.29, 1.82) is 0 Å². The monoisotopic (exact) mass is 379 g/mol. The van der Waals surface area contributed by atoms with Gasteiger partial charge in [0, 0.05) is 11.6 Å². The van der Waals surface area contributed by atoms with Crippen molar-refractivity contribution in [3.63, 3.8) is 0 Å². The molecule has 0 spiro atoms. The van der Waals surface area contributed by atoms with Gasteiger partial charge in [-0.15, -0.1) is 0 Å². The maximum absolute atomic E-state index is 12.6. The Balaban J connectivity index is 1.53. The Hall–Kier alpha value is -1.89. The first-order chi connectivity index (χ1) is 11.0. The Morgan fingerprint density at radius 3 is 2.57 bits per heavy atom. The second-order valence-electron chi connectivity index (χ2n) is 6.33. The van der Waals surface area contributed by atoms with Crippen LogP contribution in [0.3, 0.4) is 0 Å². The number of benzene rings is 1. The average Bonchev–Trinajstić information content (AvgIpc) is 3.12. The molecule has 7 heteroatoms. The summed E-state index contributed by atoms with van der Waals surface area (Å²) in [6.07, 6.45) is 0.726. The summed E-state index contributed by atoms with van der Waals surface area (Å²) in [7, 11) is 0. The maximum Gasteiger partial charge on any atom is 0.335 e. The maximum atomic E-state index is 12.6. The molecule has 1 heterocycles. The predicted octanol–water partition coefficient (Wildman–Crippen LogP) is 1.89. The van der Waals surface area contributed by atoms with Gasteiger partial charge in [0.25, 0.3) is 0 Å². The smallest absolute Gasteiger partial charge is 0.335 e. The molecule has 0 radical (unpaired) electrons. The highest BCUT2D eigenvalue weighted by molar-refractivity contribution is 9.09. The number of anilines is 1. The molecule has 3 fully saturated rings. The minimum absolute atomic E-state index is 0.0281. The summed E-state index contributed by atoms with van der Waals surface area (Å²) in [4.78, 5) is 35.6. The van der Waals surface area contributed by atoms with Gasteiger partial charge in [0.2, 0.25) is 5.91 Å². The molecule has 1 amide bonds. The lowest BCUT2D eigenvalue weighted by Gasteiger charge is -2.27. The van der Waals surface area contributed by atoms with Crippen LogP contribution in [-0.4, -0.2) is 33.9 Å². The number of hydrogen-bond acceptors (Lipinski definition) is 4. The van der Waals surface area contributed by atoms with E-state index in [0.29, 0.717) is 5.69 Å². The van der Waals surface area contributed by atoms with E-state index in [1.165, 1.54) is 12.1 Å². The molecule has 6 atom stereocenters. The number of carboxylic acid groups (broad SMARTS) is 1. The largest absolute Gasteiger partial charge is 0.478 e. The van der Waals surface area contributed by atoms with Gasteiger partial charge in [0.1, 0.15) is 6.10 Å². The third-order valence-corrected chi connectivity index (χ3v) is 6.43. The molecule has 6 nitrogen and oxygen atoms in total. The number of rotatable bonds is 3. The first-order valence-corrected chi connectivity index (χ1v) is 8.37. The third kappa shape index (κ3) is 2.09. The number of nitrogens with one attached hydrogen (secondary N) is 1. The summed E-state index contributed by atoms with van der Waals surface area (Å²) < 4.78 is 5.39. The summed E-state index contributed by atoms with van der Waals surface area (Å²) >= 11 is 3.57. The van der Waals surface area contributed by atoms with E-state index in [1.807, 2.05) is 0 Å². The van der Waals surface area contributed by atoms with Crippen molar-refractivity contribution in [2.75, 3.05) is 5.32 Å². The quantitative estimate of drug-likeness (QED) is 0.617. The molecule has 1 aliphatic heterocycles. The van der Waals surface area contributed by atoms with Gasteiger partial charge in [-0.05, 0) is 36.6 Å². The topological polar surface area (TPSA) is 92.7 Å². The van der Waals surface area contributed by atoms with E-state index >= 15 is 0 Å². The van der Waals surface area contributed by atoms with E-state index in [1.54, 1.807) is 12.1 Å². The SMILES string of the molecule is O=C(O)c1ccc(NC(=O)[C@@H]2[C@@H]3C[C@H]4[C@H](OC(=O)[C@@H]42)[C@@H]3Br)cc1. The number of carbonyl (C=O) groups excluding carboxylic acids is 2. The molecule has 23 heavy (non-hydrogen) atoms. The van der Waals surface area contributed by atoms with Crippen molar-refractivity contribution in [2.24, 2.45) is 23.7 Å². The summed E-state index contributed by atoms with van der Waals surface area (Å²) in [5, 5.41) is 11.7. The van der Waals surface area contributed by atoms with Crippen molar-refractivity contribution in [3.05, 3.63) is 29.8 Å². The van der Waals surface area contributed by atoms with Crippen LogP contribution in [0, 0.1) is 23.7 Å². The lowest BCUT2D eigenvalue weighted by atomic mass is 9.79. The summed E-state index contributed by atoms with van der Waals surface area (Å²) in [5.41, 5.74) is 0.683. The van der Waals surface area contributed by atoms with Crippen LogP contribution in [-0.2, 0) is 14.3 Å². The van der Waals surface area contributed by atoms with Gasteiger partial charge >= 0.3 is 11.9 Å². The van der Waals surface area contributed by atoms with Crippen LogP contribution < -0.4 is 5.32 Å². The van der Waals surface area contributed by atoms with Crippen LogP contribution in [0.15, 0.2) is 24.3 Å². The Labute approximate surface area is 140 Å². The molecule has 4 rings (SSSR count). The van der Waals surface area contributed by atoms with E-state index in [0.717, 1.165) is 6.42 Å². The molecular weight excluding hydrogens is 366 g/mol. The fourth-order valence-electron chi connectivity index (χ4n) is 4.25. The molecule has 2 aliphatic carbocycles. The number of ether oxygens (including phenoxy) is 1. The molecule has 1 saturated heterocycles. The standard InChI is InChI=1S/C16H14BrNO5/c17-12-8-5-9-11(16(22)23-13(9)12)10(8)14(19)18-7-3-1-6(2-4-7)15(20)21/h1-4,8-13H,5H2,(H,18,19)(H,20,21)/t8-,9+,10+,11-,12+,13-/m0/s1. The molecule has 3 aliphatic rings. The highest BCUT2D eigenvalue weighted by Crippen LogP contribution is 2.60. The first kappa shape index (κ1) is 14.7. The fraction of sp³-hybridized carbons (Fsp3) is 0.438. The van der Waals surface area contributed by atoms with E-state index in [4.69, 9.17) is 9.84 Å². The highest BCUT2D eigenvalue weighted by Gasteiger charge is 2.67. The van der Waals surface area contributed by atoms with Crippen molar-refractivity contribution >= 4 is 39.5 Å². The van der Waals surface area contributed by atoms with Gasteiger partial charge in [-0.3, -0.25) is 9.59 Å². The van der Waals surface area contributed by atoms with E-state index in [9.17, 15) is 14.4 Å². The van der Waals surface area contributed by atoms with Gasteiger partial charge in [-0.25, -0.2) is 4.79 Å². The normalized spacial score (nSPS) is 36.8. The third-order valence-electron chi connectivity index (χ3n) is 5.23. The minimum atomic E-state index is -1.02. The van der Waals surface area contributed by atoms with Crippen LogP contribution in [0.25, 0.3) is 0 Å². The van der Waals surface area contributed by atoms with Gasteiger partial charge < -0.3 is 15.2 Å². The Kier molecular flexibility index (Phi) is 3.23. The van der Waals surface area contributed by atoms with Crippen molar-refractivity contribution in [2.45, 2.75) is 17.4 Å². The number of carboxylic acids is 1. The summed E-state index contributed by atoms with van der Waals surface area (Å²) in [5.74, 6) is -2.01. The minimum Gasteiger partial charge on any atom is -0.478 e. The number of carbonyl (C=O) groups is 3. The molecule has 2 bridgehead atoms. The van der Waals surface area contributed by atoms with Crippen LogP contribution >= 0.6 is 15.9 Å². The van der Waals surface area contributed by atoms with E-state index < -0.39 is 11.9 Å². The zero-order valence-corrected chi connectivity index (χ0v) is 13.5. The predicted molar refractivity (Wildman–Crippen MR) is 83.2 cm³/mol. The summed E-state index contributed by atoms with van der Waals surface area (Å²) in [6, 6.07) is 5.98. The lowest BCUT2D eigenvalue weighted by Crippen LogP contribution is -2.40. The summed E-state index contributed by atoms with van der Waals surface area (Å²) in [6.45, 7) is 0. The number of alkyl halides is 1.